The van der Waals surface area contributed by atoms with E-state index in [9.17, 15) is 9.00 Å². The standard InChI is InChI=1S/C5H9NO3S/c1-5(6-4(7)8)2-10(9)3-5/h6H,2-3H2,1H3,(H,7,8). The van der Waals surface area contributed by atoms with Crippen molar-refractivity contribution in [3.63, 3.8) is 0 Å². The first kappa shape index (κ1) is 7.53. The lowest BCUT2D eigenvalue weighted by Gasteiger charge is -2.36. The van der Waals surface area contributed by atoms with E-state index in [1.54, 1.807) is 6.92 Å². The van der Waals surface area contributed by atoms with E-state index in [-0.39, 0.29) is 0 Å². The van der Waals surface area contributed by atoms with Crippen molar-refractivity contribution in [3.8, 4) is 0 Å². The maximum absolute atomic E-state index is 10.6. The summed E-state index contributed by atoms with van der Waals surface area (Å²) in [6.07, 6.45) is -1.04. The number of amides is 1. The second-order valence-corrected chi connectivity index (χ2v) is 4.18. The van der Waals surface area contributed by atoms with Crippen molar-refractivity contribution in [3.05, 3.63) is 0 Å². The predicted octanol–water partition coefficient (Wildman–Crippen LogP) is -0.225. The molecule has 0 spiro atoms. The van der Waals surface area contributed by atoms with Crippen LogP contribution in [0.2, 0.25) is 0 Å². The fourth-order valence-corrected chi connectivity index (χ4v) is 2.48. The van der Waals surface area contributed by atoms with Crippen LogP contribution < -0.4 is 5.32 Å². The molecule has 0 radical (unpaired) electrons. The molecule has 1 rings (SSSR count). The van der Waals surface area contributed by atoms with E-state index in [4.69, 9.17) is 5.11 Å². The summed E-state index contributed by atoms with van der Waals surface area (Å²) in [7, 11) is -0.804. The average molecular weight is 163 g/mol. The zero-order valence-electron chi connectivity index (χ0n) is 5.59. The molecule has 2 N–H and O–H groups in total. The highest BCUT2D eigenvalue weighted by Crippen LogP contribution is 2.18. The Labute approximate surface area is 61.1 Å². The van der Waals surface area contributed by atoms with Crippen molar-refractivity contribution in [1.29, 1.82) is 0 Å². The lowest BCUT2D eigenvalue weighted by atomic mass is 10.1. The Bertz CT molecular complexity index is 183. The third-order valence-corrected chi connectivity index (χ3v) is 3.29. The number of carboxylic acid groups (broad SMARTS) is 1. The van der Waals surface area contributed by atoms with Gasteiger partial charge in [-0.3, -0.25) is 4.21 Å². The molecule has 0 saturated carbocycles. The minimum atomic E-state index is -1.04. The predicted molar refractivity (Wildman–Crippen MR) is 37.4 cm³/mol. The number of hydrogen-bond acceptors (Lipinski definition) is 2. The topological polar surface area (TPSA) is 66.4 Å². The van der Waals surface area contributed by atoms with Gasteiger partial charge in [0.2, 0.25) is 0 Å². The summed E-state index contributed by atoms with van der Waals surface area (Å²) in [5.74, 6) is 0.887. The van der Waals surface area contributed by atoms with Crippen LogP contribution in [-0.4, -0.2) is 32.5 Å². The van der Waals surface area contributed by atoms with Gasteiger partial charge in [-0.15, -0.1) is 0 Å². The molecule has 58 valence electrons. The van der Waals surface area contributed by atoms with Crippen LogP contribution in [-0.2, 0) is 10.8 Å². The molecule has 0 unspecified atom stereocenters. The van der Waals surface area contributed by atoms with Crippen LogP contribution in [0.4, 0.5) is 4.79 Å². The van der Waals surface area contributed by atoms with Crippen molar-refractivity contribution in [1.82, 2.24) is 5.32 Å². The van der Waals surface area contributed by atoms with Gasteiger partial charge >= 0.3 is 6.09 Å². The van der Waals surface area contributed by atoms with Gasteiger partial charge in [-0.2, -0.15) is 0 Å². The van der Waals surface area contributed by atoms with E-state index < -0.39 is 22.4 Å². The summed E-state index contributed by atoms with van der Waals surface area (Å²) >= 11 is 0. The summed E-state index contributed by atoms with van der Waals surface area (Å²) < 4.78 is 10.6. The normalized spacial score (nSPS) is 38.3. The van der Waals surface area contributed by atoms with Crippen molar-refractivity contribution >= 4 is 16.9 Å². The van der Waals surface area contributed by atoms with Gasteiger partial charge in [-0.05, 0) is 6.92 Å². The Morgan fingerprint density at radius 2 is 2.20 bits per heavy atom. The molecule has 1 heterocycles. The van der Waals surface area contributed by atoms with Crippen LogP contribution in [0.3, 0.4) is 0 Å². The highest BCUT2D eigenvalue weighted by atomic mass is 32.2. The van der Waals surface area contributed by atoms with Crippen LogP contribution in [0.1, 0.15) is 6.92 Å². The van der Waals surface area contributed by atoms with E-state index >= 15 is 0 Å². The zero-order valence-corrected chi connectivity index (χ0v) is 6.40. The Hall–Kier alpha value is -0.580. The van der Waals surface area contributed by atoms with Crippen molar-refractivity contribution < 1.29 is 14.1 Å². The van der Waals surface area contributed by atoms with E-state index in [1.807, 2.05) is 0 Å². The lowest BCUT2D eigenvalue weighted by molar-refractivity contribution is 0.184. The van der Waals surface area contributed by atoms with Gasteiger partial charge in [-0.25, -0.2) is 4.79 Å². The Morgan fingerprint density at radius 1 is 1.70 bits per heavy atom. The van der Waals surface area contributed by atoms with E-state index in [0.29, 0.717) is 11.5 Å². The van der Waals surface area contributed by atoms with Gasteiger partial charge in [0, 0.05) is 22.3 Å². The summed E-state index contributed by atoms with van der Waals surface area (Å²) in [5.41, 5.74) is -0.434. The molecule has 0 atom stereocenters. The van der Waals surface area contributed by atoms with Crippen LogP contribution >= 0.6 is 0 Å². The van der Waals surface area contributed by atoms with E-state index in [0.717, 1.165) is 0 Å². The highest BCUT2D eigenvalue weighted by Gasteiger charge is 2.39. The quantitative estimate of drug-likeness (QED) is 0.561. The Kier molecular flexibility index (Phi) is 1.68. The molecule has 0 aromatic carbocycles. The van der Waals surface area contributed by atoms with Gasteiger partial charge < -0.3 is 10.4 Å². The van der Waals surface area contributed by atoms with Crippen LogP contribution in [0.15, 0.2) is 0 Å². The van der Waals surface area contributed by atoms with Gasteiger partial charge in [0.05, 0.1) is 5.54 Å². The Morgan fingerprint density at radius 3 is 2.50 bits per heavy atom. The van der Waals surface area contributed by atoms with Gasteiger partial charge in [0.1, 0.15) is 0 Å². The maximum Gasteiger partial charge on any atom is 0.405 e. The molecule has 1 aliphatic rings. The number of hydrogen-bond donors (Lipinski definition) is 2. The van der Waals surface area contributed by atoms with Gasteiger partial charge in [-0.1, -0.05) is 0 Å². The number of rotatable bonds is 1. The minimum Gasteiger partial charge on any atom is -0.465 e. The average Bonchev–Trinajstić information content (AvgIpc) is 1.57. The van der Waals surface area contributed by atoms with Crippen molar-refractivity contribution in [2.45, 2.75) is 12.5 Å². The van der Waals surface area contributed by atoms with Crippen LogP contribution in [0.25, 0.3) is 0 Å². The number of carbonyl (C=O) groups is 1. The third-order valence-electron chi connectivity index (χ3n) is 1.37. The highest BCUT2D eigenvalue weighted by molar-refractivity contribution is 7.86. The molecule has 1 aliphatic heterocycles. The molecule has 0 aromatic rings. The molecule has 5 heteroatoms. The van der Waals surface area contributed by atoms with E-state index in [1.165, 1.54) is 0 Å². The maximum atomic E-state index is 10.6. The zero-order chi connectivity index (χ0) is 7.78. The summed E-state index contributed by atoms with van der Waals surface area (Å²) in [4.78, 5) is 10.1. The summed E-state index contributed by atoms with van der Waals surface area (Å²) in [5, 5.41) is 10.6. The number of nitrogens with one attached hydrogen (secondary N) is 1. The van der Waals surface area contributed by atoms with Crippen LogP contribution in [0.5, 0.6) is 0 Å². The molecular weight excluding hydrogens is 154 g/mol. The molecule has 10 heavy (non-hydrogen) atoms. The molecule has 1 amide bonds. The smallest absolute Gasteiger partial charge is 0.405 e. The third kappa shape index (κ3) is 1.47. The largest absolute Gasteiger partial charge is 0.465 e. The molecule has 4 nitrogen and oxygen atoms in total. The molecule has 0 aromatic heterocycles. The fourth-order valence-electron chi connectivity index (χ4n) is 0.999. The fraction of sp³-hybridized carbons (Fsp3) is 0.800. The molecule has 0 aliphatic carbocycles. The summed E-state index contributed by atoms with van der Waals surface area (Å²) in [6, 6.07) is 0. The SMILES string of the molecule is CC1(NC(=O)O)CS(=O)C1. The molecular formula is C5H9NO3S. The second-order valence-electron chi connectivity index (χ2n) is 2.72. The minimum absolute atomic E-state index is 0.434. The van der Waals surface area contributed by atoms with Gasteiger partial charge in [0.25, 0.3) is 0 Å². The second kappa shape index (κ2) is 2.23. The first-order chi connectivity index (χ1) is 4.52. The monoisotopic (exact) mass is 163 g/mol. The molecule has 1 saturated heterocycles. The molecule has 0 bridgehead atoms. The Balaban J connectivity index is 2.41. The first-order valence-corrected chi connectivity index (χ1v) is 4.37. The summed E-state index contributed by atoms with van der Waals surface area (Å²) in [6.45, 7) is 1.75. The first-order valence-electron chi connectivity index (χ1n) is 2.88. The lowest BCUT2D eigenvalue weighted by Crippen LogP contribution is -2.60. The van der Waals surface area contributed by atoms with E-state index in [2.05, 4.69) is 5.32 Å². The van der Waals surface area contributed by atoms with Gasteiger partial charge in [0.15, 0.2) is 0 Å². The van der Waals surface area contributed by atoms with Crippen molar-refractivity contribution in [2.24, 2.45) is 0 Å². The molecule has 1 fully saturated rings. The van der Waals surface area contributed by atoms with Crippen LogP contribution in [0, 0.1) is 0 Å². The van der Waals surface area contributed by atoms with Crippen molar-refractivity contribution in [2.75, 3.05) is 11.5 Å².